The first kappa shape index (κ1) is 22.8. The second-order valence-corrected chi connectivity index (χ2v) is 7.80. The minimum atomic E-state index is -0.493. The summed E-state index contributed by atoms with van der Waals surface area (Å²) < 4.78 is 11.4. The van der Waals surface area contributed by atoms with Crippen LogP contribution in [0.15, 0.2) is 76.3 Å². The molecule has 3 rings (SSSR count). The molecule has 1 N–H and O–H groups in total. The summed E-state index contributed by atoms with van der Waals surface area (Å²) in [6.45, 7) is -0.275. The van der Waals surface area contributed by atoms with E-state index in [-0.39, 0.29) is 6.61 Å². The van der Waals surface area contributed by atoms with Crippen LogP contribution in [0, 0.1) is 0 Å². The van der Waals surface area contributed by atoms with Gasteiger partial charge in [-0.3, -0.25) is 4.79 Å². The predicted molar refractivity (Wildman–Crippen MR) is 123 cm³/mol. The molecule has 3 aromatic rings. The van der Waals surface area contributed by atoms with E-state index in [1.807, 2.05) is 0 Å². The molecular weight excluding hydrogens is 507 g/mol. The number of benzene rings is 3. The third-order valence-corrected chi connectivity index (χ3v) is 5.04. The number of halogens is 3. The SMILES string of the molecule is O=C(COc1ccc(Cl)cc1Cl)N/N=C\c1cccc(OC(=O)c2ccccc2Br)c1. The number of rotatable bonds is 7. The number of amides is 1. The lowest BCUT2D eigenvalue weighted by atomic mass is 10.2. The molecule has 0 aliphatic carbocycles. The summed E-state index contributed by atoms with van der Waals surface area (Å²) >= 11 is 15.1. The van der Waals surface area contributed by atoms with Gasteiger partial charge in [0.2, 0.25) is 0 Å². The number of hydrogen-bond donors (Lipinski definition) is 1. The maximum absolute atomic E-state index is 12.3. The fourth-order valence-corrected chi connectivity index (χ4v) is 3.30. The first-order chi connectivity index (χ1) is 14.9. The summed E-state index contributed by atoms with van der Waals surface area (Å²) in [5, 5.41) is 4.65. The van der Waals surface area contributed by atoms with Gasteiger partial charge in [0.15, 0.2) is 6.61 Å². The van der Waals surface area contributed by atoms with E-state index in [1.54, 1.807) is 60.7 Å². The van der Waals surface area contributed by atoms with E-state index in [2.05, 4.69) is 26.5 Å². The van der Waals surface area contributed by atoms with Crippen molar-refractivity contribution in [1.82, 2.24) is 5.43 Å². The van der Waals surface area contributed by atoms with E-state index in [1.165, 1.54) is 12.3 Å². The fraction of sp³-hybridized carbons (Fsp3) is 0.0455. The van der Waals surface area contributed by atoms with Crippen LogP contribution in [0.1, 0.15) is 15.9 Å². The number of carbonyl (C=O) groups excluding carboxylic acids is 2. The van der Waals surface area contributed by atoms with Crippen LogP contribution in [-0.4, -0.2) is 24.7 Å². The van der Waals surface area contributed by atoms with Gasteiger partial charge in [-0.15, -0.1) is 0 Å². The van der Waals surface area contributed by atoms with Gasteiger partial charge in [-0.05, 0) is 64.0 Å². The summed E-state index contributed by atoms with van der Waals surface area (Å²) in [7, 11) is 0. The maximum Gasteiger partial charge on any atom is 0.344 e. The van der Waals surface area contributed by atoms with Crippen molar-refractivity contribution >= 4 is 57.2 Å². The molecule has 158 valence electrons. The molecule has 0 saturated carbocycles. The Kier molecular flexibility index (Phi) is 8.06. The highest BCUT2D eigenvalue weighted by molar-refractivity contribution is 9.10. The second-order valence-electron chi connectivity index (χ2n) is 6.10. The molecule has 0 fully saturated rings. The molecule has 0 heterocycles. The van der Waals surface area contributed by atoms with Crippen molar-refractivity contribution in [1.29, 1.82) is 0 Å². The number of nitrogens with zero attached hydrogens (tertiary/aromatic N) is 1. The Morgan fingerprint density at radius 1 is 1.03 bits per heavy atom. The number of hydrogen-bond acceptors (Lipinski definition) is 5. The molecule has 31 heavy (non-hydrogen) atoms. The van der Waals surface area contributed by atoms with E-state index in [0.717, 1.165) is 0 Å². The minimum Gasteiger partial charge on any atom is -0.482 e. The Hall–Kier alpha value is -2.87. The molecule has 0 spiro atoms. The van der Waals surface area contributed by atoms with Gasteiger partial charge in [0.05, 0.1) is 16.8 Å². The van der Waals surface area contributed by atoms with Crippen molar-refractivity contribution in [2.75, 3.05) is 6.61 Å². The summed E-state index contributed by atoms with van der Waals surface area (Å²) in [6.07, 6.45) is 1.42. The van der Waals surface area contributed by atoms with Crippen molar-refractivity contribution in [2.24, 2.45) is 5.10 Å². The summed E-state index contributed by atoms with van der Waals surface area (Å²) in [5.74, 6) is -0.284. The molecule has 9 heteroatoms. The summed E-state index contributed by atoms with van der Waals surface area (Å²) in [6, 6.07) is 18.4. The number of esters is 1. The zero-order valence-corrected chi connectivity index (χ0v) is 18.9. The van der Waals surface area contributed by atoms with E-state index < -0.39 is 11.9 Å². The van der Waals surface area contributed by atoms with Crippen LogP contribution in [-0.2, 0) is 4.79 Å². The molecule has 0 aliphatic heterocycles. The minimum absolute atomic E-state index is 0.275. The smallest absolute Gasteiger partial charge is 0.344 e. The van der Waals surface area contributed by atoms with Crippen molar-refractivity contribution in [3.05, 3.63) is 92.4 Å². The lowest BCUT2D eigenvalue weighted by Gasteiger charge is -2.07. The van der Waals surface area contributed by atoms with Crippen LogP contribution >= 0.6 is 39.1 Å². The van der Waals surface area contributed by atoms with Gasteiger partial charge in [-0.25, -0.2) is 10.2 Å². The number of carbonyl (C=O) groups is 2. The lowest BCUT2D eigenvalue weighted by molar-refractivity contribution is -0.123. The van der Waals surface area contributed by atoms with Gasteiger partial charge in [0.25, 0.3) is 5.91 Å². The lowest BCUT2D eigenvalue weighted by Crippen LogP contribution is -2.24. The molecule has 0 unspecified atom stereocenters. The highest BCUT2D eigenvalue weighted by Crippen LogP contribution is 2.27. The molecule has 1 amide bonds. The largest absolute Gasteiger partial charge is 0.482 e. The Morgan fingerprint density at radius 3 is 2.61 bits per heavy atom. The molecule has 0 bridgehead atoms. The molecule has 0 radical (unpaired) electrons. The zero-order valence-electron chi connectivity index (χ0n) is 15.8. The zero-order chi connectivity index (χ0) is 22.2. The van der Waals surface area contributed by atoms with Crippen LogP contribution < -0.4 is 14.9 Å². The Bertz CT molecular complexity index is 1140. The van der Waals surface area contributed by atoms with Gasteiger partial charge in [0.1, 0.15) is 11.5 Å². The van der Waals surface area contributed by atoms with Gasteiger partial charge in [0, 0.05) is 9.50 Å². The summed E-state index contributed by atoms with van der Waals surface area (Å²) in [5.41, 5.74) is 3.38. The van der Waals surface area contributed by atoms with E-state index in [0.29, 0.717) is 37.1 Å². The maximum atomic E-state index is 12.3. The molecule has 0 aliphatic rings. The van der Waals surface area contributed by atoms with E-state index >= 15 is 0 Å². The van der Waals surface area contributed by atoms with Gasteiger partial charge in [-0.2, -0.15) is 5.10 Å². The molecule has 6 nitrogen and oxygen atoms in total. The summed E-state index contributed by atoms with van der Waals surface area (Å²) in [4.78, 5) is 24.2. The first-order valence-corrected chi connectivity index (χ1v) is 10.4. The average Bonchev–Trinajstić information content (AvgIpc) is 2.73. The van der Waals surface area contributed by atoms with E-state index in [4.69, 9.17) is 32.7 Å². The third kappa shape index (κ3) is 6.82. The fourth-order valence-electron chi connectivity index (χ4n) is 2.39. The van der Waals surface area contributed by atoms with Gasteiger partial charge in [-0.1, -0.05) is 47.5 Å². The van der Waals surface area contributed by atoms with Crippen molar-refractivity contribution in [3.8, 4) is 11.5 Å². The molecular formula is C22H15BrCl2N2O4. The standard InChI is InChI=1S/C22H15BrCl2N2O4/c23-18-7-2-1-6-17(18)22(29)31-16-5-3-4-14(10-16)12-26-27-21(28)13-30-20-9-8-15(24)11-19(20)25/h1-12H,13H2,(H,27,28)/b26-12-. The van der Waals surface area contributed by atoms with Crippen LogP contribution in [0.4, 0.5) is 0 Å². The highest BCUT2D eigenvalue weighted by Gasteiger charge is 2.12. The van der Waals surface area contributed by atoms with Crippen LogP contribution in [0.2, 0.25) is 10.0 Å². The quantitative estimate of drug-likeness (QED) is 0.192. The molecule has 0 atom stereocenters. The first-order valence-electron chi connectivity index (χ1n) is 8.89. The van der Waals surface area contributed by atoms with Gasteiger partial charge >= 0.3 is 5.97 Å². The third-order valence-electron chi connectivity index (χ3n) is 3.82. The Morgan fingerprint density at radius 2 is 1.84 bits per heavy atom. The van der Waals surface area contributed by atoms with E-state index in [9.17, 15) is 9.59 Å². The molecule has 3 aromatic carbocycles. The highest BCUT2D eigenvalue weighted by atomic mass is 79.9. The van der Waals surface area contributed by atoms with Gasteiger partial charge < -0.3 is 9.47 Å². The topological polar surface area (TPSA) is 77.0 Å². The number of nitrogens with one attached hydrogen (secondary N) is 1. The monoisotopic (exact) mass is 520 g/mol. The Labute approximate surface area is 196 Å². The van der Waals surface area contributed by atoms with Crippen molar-refractivity contribution in [2.45, 2.75) is 0 Å². The molecule has 0 saturated heterocycles. The van der Waals surface area contributed by atoms with Crippen molar-refractivity contribution in [3.63, 3.8) is 0 Å². The van der Waals surface area contributed by atoms with Crippen molar-refractivity contribution < 1.29 is 19.1 Å². The normalized spacial score (nSPS) is 10.7. The van der Waals surface area contributed by atoms with Crippen LogP contribution in [0.5, 0.6) is 11.5 Å². The van der Waals surface area contributed by atoms with Crippen LogP contribution in [0.3, 0.4) is 0 Å². The number of ether oxygens (including phenoxy) is 2. The number of hydrazone groups is 1. The van der Waals surface area contributed by atoms with Crippen LogP contribution in [0.25, 0.3) is 0 Å². The second kappa shape index (κ2) is 10.9. The Balaban J connectivity index is 1.53. The molecule has 0 aromatic heterocycles. The average molecular weight is 522 g/mol. The predicted octanol–water partition coefficient (Wildman–Crippen LogP) is 5.50.